The number of hydrogen-bond donors (Lipinski definition) is 1. The summed E-state index contributed by atoms with van der Waals surface area (Å²) in [5.74, 6) is -0.474. The lowest BCUT2D eigenvalue weighted by molar-refractivity contribution is -0.119. The number of benzene rings is 2. The van der Waals surface area contributed by atoms with Crippen molar-refractivity contribution in [3.8, 4) is 0 Å². The Kier molecular flexibility index (Phi) is 6.97. The average Bonchev–Trinajstić information content (AvgIpc) is 2.70. The number of aromatic nitrogens is 1. The highest BCUT2D eigenvalue weighted by atomic mass is 35.5. The number of amides is 1. The quantitative estimate of drug-likeness (QED) is 0.568. The summed E-state index contributed by atoms with van der Waals surface area (Å²) in [5.41, 5.74) is 1.96. The molecule has 1 aromatic heterocycles. The van der Waals surface area contributed by atoms with Crippen LogP contribution in [0.3, 0.4) is 0 Å². The molecule has 156 valence electrons. The number of halogens is 2. The number of sulfonamides is 1. The molecule has 0 spiro atoms. The third-order valence-corrected chi connectivity index (χ3v) is 6.50. The largest absolute Gasteiger partial charge is 0.350 e. The normalized spacial score (nSPS) is 11.2. The van der Waals surface area contributed by atoms with Crippen LogP contribution in [0.4, 0.5) is 5.69 Å². The van der Waals surface area contributed by atoms with Gasteiger partial charge in [-0.1, -0.05) is 40.9 Å². The van der Waals surface area contributed by atoms with Gasteiger partial charge in [0.25, 0.3) is 10.0 Å². The number of carbonyl (C=O) groups is 1. The Hall–Kier alpha value is -2.61. The van der Waals surface area contributed by atoms with Crippen molar-refractivity contribution in [1.82, 2.24) is 10.3 Å². The van der Waals surface area contributed by atoms with Gasteiger partial charge in [-0.25, -0.2) is 8.42 Å². The molecule has 0 atom stereocenters. The van der Waals surface area contributed by atoms with Gasteiger partial charge in [0.1, 0.15) is 6.54 Å². The molecule has 1 N–H and O–H groups in total. The first-order valence-electron chi connectivity index (χ1n) is 8.97. The second-order valence-corrected chi connectivity index (χ2v) is 9.32. The zero-order chi connectivity index (χ0) is 21.7. The van der Waals surface area contributed by atoms with E-state index in [4.69, 9.17) is 23.2 Å². The molecule has 0 saturated heterocycles. The number of aryl methyl sites for hydroxylation is 1. The van der Waals surface area contributed by atoms with Gasteiger partial charge in [-0.05, 0) is 55.0 Å². The lowest BCUT2D eigenvalue weighted by Gasteiger charge is -2.24. The van der Waals surface area contributed by atoms with Gasteiger partial charge < -0.3 is 5.32 Å². The highest BCUT2D eigenvalue weighted by molar-refractivity contribution is 7.92. The SMILES string of the molecule is Cc1ccc(S(=O)(=O)N(CC(=O)NCc2ccncc2)c2cc(Cl)cc(Cl)c2)cc1. The Morgan fingerprint density at radius 3 is 2.20 bits per heavy atom. The first-order valence-corrected chi connectivity index (χ1v) is 11.2. The molecule has 9 heteroatoms. The van der Waals surface area contributed by atoms with Crippen LogP contribution in [0.5, 0.6) is 0 Å². The van der Waals surface area contributed by atoms with Crippen molar-refractivity contribution in [2.45, 2.75) is 18.4 Å². The summed E-state index contributed by atoms with van der Waals surface area (Å²) in [6, 6.07) is 14.3. The van der Waals surface area contributed by atoms with E-state index < -0.39 is 22.5 Å². The van der Waals surface area contributed by atoms with E-state index in [-0.39, 0.29) is 27.2 Å². The third kappa shape index (κ3) is 5.50. The van der Waals surface area contributed by atoms with E-state index in [1.54, 1.807) is 36.7 Å². The molecular formula is C21H19Cl2N3O3S. The summed E-state index contributed by atoms with van der Waals surface area (Å²) in [6.45, 7) is 1.67. The molecule has 1 amide bonds. The molecule has 2 aromatic carbocycles. The van der Waals surface area contributed by atoms with E-state index in [0.29, 0.717) is 0 Å². The molecular weight excluding hydrogens is 445 g/mol. The smallest absolute Gasteiger partial charge is 0.264 e. The molecule has 1 heterocycles. The van der Waals surface area contributed by atoms with Crippen molar-refractivity contribution in [1.29, 1.82) is 0 Å². The number of pyridine rings is 1. The third-order valence-electron chi connectivity index (χ3n) is 4.27. The first kappa shape index (κ1) is 22.1. The van der Waals surface area contributed by atoms with Gasteiger partial charge in [0.2, 0.25) is 5.91 Å². The van der Waals surface area contributed by atoms with Crippen molar-refractivity contribution < 1.29 is 13.2 Å². The maximum absolute atomic E-state index is 13.3. The average molecular weight is 464 g/mol. The van der Waals surface area contributed by atoms with Crippen molar-refractivity contribution >= 4 is 44.8 Å². The fraction of sp³-hybridized carbons (Fsp3) is 0.143. The van der Waals surface area contributed by atoms with Crippen LogP contribution >= 0.6 is 23.2 Å². The summed E-state index contributed by atoms with van der Waals surface area (Å²) in [6.07, 6.45) is 3.23. The summed E-state index contributed by atoms with van der Waals surface area (Å²) < 4.78 is 27.7. The summed E-state index contributed by atoms with van der Waals surface area (Å²) in [4.78, 5) is 16.6. The minimum Gasteiger partial charge on any atom is -0.350 e. The van der Waals surface area contributed by atoms with Gasteiger partial charge in [0.15, 0.2) is 0 Å². The maximum atomic E-state index is 13.3. The molecule has 3 rings (SSSR count). The van der Waals surface area contributed by atoms with Crippen LogP contribution in [0, 0.1) is 6.92 Å². The zero-order valence-electron chi connectivity index (χ0n) is 16.0. The molecule has 0 radical (unpaired) electrons. The second kappa shape index (κ2) is 9.47. The molecule has 30 heavy (non-hydrogen) atoms. The van der Waals surface area contributed by atoms with Crippen LogP contribution in [0.25, 0.3) is 0 Å². The molecule has 0 aliphatic heterocycles. The number of hydrogen-bond acceptors (Lipinski definition) is 4. The lowest BCUT2D eigenvalue weighted by atomic mass is 10.2. The first-order chi connectivity index (χ1) is 14.3. The maximum Gasteiger partial charge on any atom is 0.264 e. The minimum absolute atomic E-state index is 0.0612. The molecule has 6 nitrogen and oxygen atoms in total. The van der Waals surface area contributed by atoms with Crippen molar-refractivity contribution in [2.75, 3.05) is 10.8 Å². The van der Waals surface area contributed by atoms with E-state index >= 15 is 0 Å². The number of nitrogens with zero attached hydrogens (tertiary/aromatic N) is 2. The van der Waals surface area contributed by atoms with Crippen molar-refractivity contribution in [2.24, 2.45) is 0 Å². The zero-order valence-corrected chi connectivity index (χ0v) is 18.4. The molecule has 0 fully saturated rings. The van der Waals surface area contributed by atoms with Crippen LogP contribution < -0.4 is 9.62 Å². The number of carbonyl (C=O) groups excluding carboxylic acids is 1. The molecule has 0 saturated carbocycles. The molecule has 0 unspecified atom stereocenters. The Bertz CT molecular complexity index is 1120. The van der Waals surface area contributed by atoms with Gasteiger partial charge in [0.05, 0.1) is 10.6 Å². The molecule has 3 aromatic rings. The standard InChI is InChI=1S/C21H19Cl2N3O3S/c1-15-2-4-20(5-3-15)30(28,29)26(19-11-17(22)10-18(23)12-19)14-21(27)25-13-16-6-8-24-9-7-16/h2-12H,13-14H2,1H3,(H,25,27). The molecule has 0 aliphatic carbocycles. The highest BCUT2D eigenvalue weighted by Gasteiger charge is 2.27. The summed E-state index contributed by atoms with van der Waals surface area (Å²) in [5, 5.41) is 3.25. The lowest BCUT2D eigenvalue weighted by Crippen LogP contribution is -2.40. The second-order valence-electron chi connectivity index (χ2n) is 6.58. The van der Waals surface area contributed by atoms with E-state index in [9.17, 15) is 13.2 Å². The van der Waals surface area contributed by atoms with E-state index in [1.165, 1.54) is 30.3 Å². The van der Waals surface area contributed by atoms with Gasteiger partial charge >= 0.3 is 0 Å². The predicted octanol–water partition coefficient (Wildman–Crippen LogP) is 4.21. The van der Waals surface area contributed by atoms with Gasteiger partial charge in [-0.15, -0.1) is 0 Å². The fourth-order valence-corrected chi connectivity index (χ4v) is 4.64. The Morgan fingerprint density at radius 2 is 1.60 bits per heavy atom. The van der Waals surface area contributed by atoms with E-state index in [1.807, 2.05) is 6.92 Å². The highest BCUT2D eigenvalue weighted by Crippen LogP contribution is 2.29. The van der Waals surface area contributed by atoms with Crippen LogP contribution in [0.2, 0.25) is 10.0 Å². The Morgan fingerprint density at radius 1 is 1.00 bits per heavy atom. The predicted molar refractivity (Wildman–Crippen MR) is 118 cm³/mol. The Labute approximate surface area is 185 Å². The van der Waals surface area contributed by atoms with Gasteiger partial charge in [0, 0.05) is 29.0 Å². The number of anilines is 1. The van der Waals surface area contributed by atoms with Crippen LogP contribution in [0.1, 0.15) is 11.1 Å². The van der Waals surface area contributed by atoms with Crippen molar-refractivity contribution in [3.05, 3.63) is 88.2 Å². The number of rotatable bonds is 7. The molecule has 0 bridgehead atoms. The van der Waals surface area contributed by atoms with Crippen LogP contribution in [-0.4, -0.2) is 25.9 Å². The van der Waals surface area contributed by atoms with Crippen LogP contribution in [0.15, 0.2) is 71.9 Å². The van der Waals surface area contributed by atoms with Gasteiger partial charge in [-0.3, -0.25) is 14.1 Å². The Balaban J connectivity index is 1.91. The topological polar surface area (TPSA) is 79.4 Å². The van der Waals surface area contributed by atoms with E-state index in [0.717, 1.165) is 15.4 Å². The number of nitrogens with one attached hydrogen (secondary N) is 1. The fourth-order valence-electron chi connectivity index (χ4n) is 2.72. The van der Waals surface area contributed by atoms with E-state index in [2.05, 4.69) is 10.3 Å². The van der Waals surface area contributed by atoms with Crippen LogP contribution in [-0.2, 0) is 21.4 Å². The van der Waals surface area contributed by atoms with Gasteiger partial charge in [-0.2, -0.15) is 0 Å². The monoisotopic (exact) mass is 463 g/mol. The minimum atomic E-state index is -4.04. The van der Waals surface area contributed by atoms with Crippen molar-refractivity contribution in [3.63, 3.8) is 0 Å². The summed E-state index contributed by atoms with van der Waals surface area (Å²) >= 11 is 12.2. The molecule has 0 aliphatic rings. The summed E-state index contributed by atoms with van der Waals surface area (Å²) in [7, 11) is -4.04.